The molecule has 0 spiro atoms. The SMILES string of the molecule is CC(=O)Nc1ccc(C2=C(N3CCCCC3)C(=O)N(Cc3cccnc3)C2=O)cc1. The molecule has 30 heavy (non-hydrogen) atoms. The Morgan fingerprint density at radius 2 is 1.77 bits per heavy atom. The molecule has 0 unspecified atom stereocenters. The van der Waals surface area contributed by atoms with Crippen molar-refractivity contribution in [2.24, 2.45) is 0 Å². The van der Waals surface area contributed by atoms with Crippen LogP contribution in [0.4, 0.5) is 5.69 Å². The normalized spacial score (nSPS) is 17.0. The number of amides is 3. The van der Waals surface area contributed by atoms with Crippen LogP contribution in [0, 0.1) is 0 Å². The Bertz CT molecular complexity index is 993. The highest BCUT2D eigenvalue weighted by atomic mass is 16.2. The molecule has 1 N–H and O–H groups in total. The minimum absolute atomic E-state index is 0.161. The van der Waals surface area contributed by atoms with Crippen LogP contribution in [-0.4, -0.2) is 45.6 Å². The van der Waals surface area contributed by atoms with Gasteiger partial charge in [-0.05, 0) is 48.6 Å². The second-order valence-corrected chi connectivity index (χ2v) is 7.59. The van der Waals surface area contributed by atoms with Crippen LogP contribution in [-0.2, 0) is 20.9 Å². The minimum atomic E-state index is -0.295. The number of carbonyl (C=O) groups excluding carboxylic acids is 3. The molecule has 2 aliphatic heterocycles. The van der Waals surface area contributed by atoms with Crippen molar-refractivity contribution in [2.75, 3.05) is 18.4 Å². The fraction of sp³-hybridized carbons (Fsp3) is 0.304. The highest BCUT2D eigenvalue weighted by molar-refractivity contribution is 6.35. The number of benzene rings is 1. The first kappa shape index (κ1) is 19.8. The second-order valence-electron chi connectivity index (χ2n) is 7.59. The number of rotatable bonds is 5. The van der Waals surface area contributed by atoms with Gasteiger partial charge in [0.15, 0.2) is 0 Å². The Hall–Kier alpha value is -3.48. The average molecular weight is 404 g/mol. The molecule has 3 heterocycles. The number of piperidine rings is 1. The van der Waals surface area contributed by atoms with E-state index in [0.29, 0.717) is 22.5 Å². The van der Waals surface area contributed by atoms with E-state index in [1.807, 2.05) is 11.0 Å². The second kappa shape index (κ2) is 8.49. The summed E-state index contributed by atoms with van der Waals surface area (Å²) in [6.07, 6.45) is 6.47. The van der Waals surface area contributed by atoms with Crippen LogP contribution >= 0.6 is 0 Å². The smallest absolute Gasteiger partial charge is 0.278 e. The van der Waals surface area contributed by atoms with Crippen molar-refractivity contribution in [3.05, 3.63) is 65.6 Å². The molecule has 3 amide bonds. The van der Waals surface area contributed by atoms with Crippen LogP contribution in [0.3, 0.4) is 0 Å². The maximum absolute atomic E-state index is 13.4. The van der Waals surface area contributed by atoms with E-state index in [2.05, 4.69) is 10.3 Å². The lowest BCUT2D eigenvalue weighted by molar-refractivity contribution is -0.138. The lowest BCUT2D eigenvalue weighted by Crippen LogP contribution is -2.36. The monoisotopic (exact) mass is 404 g/mol. The Morgan fingerprint density at radius 3 is 2.40 bits per heavy atom. The zero-order chi connectivity index (χ0) is 21.1. The number of carbonyl (C=O) groups is 3. The fourth-order valence-electron chi connectivity index (χ4n) is 3.98. The van der Waals surface area contributed by atoms with Crippen LogP contribution in [0.1, 0.15) is 37.3 Å². The number of aromatic nitrogens is 1. The molecule has 1 aromatic heterocycles. The Balaban J connectivity index is 1.70. The van der Waals surface area contributed by atoms with Crippen LogP contribution in [0.5, 0.6) is 0 Å². The van der Waals surface area contributed by atoms with E-state index >= 15 is 0 Å². The maximum Gasteiger partial charge on any atom is 0.278 e. The summed E-state index contributed by atoms with van der Waals surface area (Å²) in [5.74, 6) is -0.714. The van der Waals surface area contributed by atoms with Gasteiger partial charge in [0.25, 0.3) is 11.8 Å². The van der Waals surface area contributed by atoms with E-state index in [0.717, 1.165) is 37.9 Å². The zero-order valence-electron chi connectivity index (χ0n) is 16.9. The molecule has 4 rings (SSSR count). The lowest BCUT2D eigenvalue weighted by atomic mass is 10.0. The van der Waals surface area contributed by atoms with Gasteiger partial charge in [0.1, 0.15) is 5.70 Å². The molecule has 1 aromatic carbocycles. The van der Waals surface area contributed by atoms with Crippen molar-refractivity contribution in [2.45, 2.75) is 32.7 Å². The summed E-state index contributed by atoms with van der Waals surface area (Å²) in [4.78, 5) is 45.4. The highest BCUT2D eigenvalue weighted by Gasteiger charge is 2.41. The van der Waals surface area contributed by atoms with Crippen molar-refractivity contribution >= 4 is 29.0 Å². The molecule has 7 heteroatoms. The van der Waals surface area contributed by atoms with Crippen LogP contribution in [0.2, 0.25) is 0 Å². The molecule has 0 radical (unpaired) electrons. The van der Waals surface area contributed by atoms with E-state index < -0.39 is 0 Å². The van der Waals surface area contributed by atoms with Gasteiger partial charge >= 0.3 is 0 Å². The molecular formula is C23H24N4O3. The largest absolute Gasteiger partial charge is 0.366 e. The molecule has 2 aromatic rings. The molecule has 0 bridgehead atoms. The van der Waals surface area contributed by atoms with Crippen molar-refractivity contribution in [1.29, 1.82) is 0 Å². The molecule has 0 aliphatic carbocycles. The van der Waals surface area contributed by atoms with Gasteiger partial charge in [-0.3, -0.25) is 24.3 Å². The van der Waals surface area contributed by atoms with Gasteiger partial charge in [-0.1, -0.05) is 18.2 Å². The Morgan fingerprint density at radius 1 is 1.03 bits per heavy atom. The summed E-state index contributed by atoms with van der Waals surface area (Å²) in [5.41, 5.74) is 3.04. The summed E-state index contributed by atoms with van der Waals surface area (Å²) < 4.78 is 0. The van der Waals surface area contributed by atoms with E-state index in [-0.39, 0.29) is 24.3 Å². The third-order valence-corrected chi connectivity index (χ3v) is 5.37. The third-order valence-electron chi connectivity index (χ3n) is 5.37. The van der Waals surface area contributed by atoms with Crippen molar-refractivity contribution in [3.63, 3.8) is 0 Å². The number of nitrogens with zero attached hydrogens (tertiary/aromatic N) is 3. The van der Waals surface area contributed by atoms with Crippen LogP contribution < -0.4 is 5.32 Å². The van der Waals surface area contributed by atoms with E-state index in [1.165, 1.54) is 11.8 Å². The molecule has 1 fully saturated rings. The molecule has 0 saturated carbocycles. The van der Waals surface area contributed by atoms with E-state index in [4.69, 9.17) is 0 Å². The zero-order valence-corrected chi connectivity index (χ0v) is 16.9. The van der Waals surface area contributed by atoms with Gasteiger partial charge in [-0.25, -0.2) is 0 Å². The summed E-state index contributed by atoms with van der Waals surface area (Å²) >= 11 is 0. The minimum Gasteiger partial charge on any atom is -0.366 e. The van der Waals surface area contributed by atoms with Gasteiger partial charge in [-0.2, -0.15) is 0 Å². The van der Waals surface area contributed by atoms with E-state index in [9.17, 15) is 14.4 Å². The number of anilines is 1. The average Bonchev–Trinajstić information content (AvgIpc) is 3.00. The molecule has 154 valence electrons. The van der Waals surface area contributed by atoms with E-state index in [1.54, 1.807) is 42.7 Å². The number of hydrogen-bond acceptors (Lipinski definition) is 5. The number of pyridine rings is 1. The number of nitrogens with one attached hydrogen (secondary N) is 1. The lowest BCUT2D eigenvalue weighted by Gasteiger charge is -2.29. The van der Waals surface area contributed by atoms with Crippen LogP contribution in [0.25, 0.3) is 5.57 Å². The van der Waals surface area contributed by atoms with Gasteiger partial charge in [0, 0.05) is 38.1 Å². The molecule has 7 nitrogen and oxygen atoms in total. The maximum atomic E-state index is 13.4. The first-order valence-electron chi connectivity index (χ1n) is 10.2. The molecule has 1 saturated heterocycles. The van der Waals surface area contributed by atoms with Gasteiger partial charge in [0.2, 0.25) is 5.91 Å². The highest BCUT2D eigenvalue weighted by Crippen LogP contribution is 2.34. The fourth-order valence-corrected chi connectivity index (χ4v) is 3.98. The Labute approximate surface area is 175 Å². The molecule has 0 atom stereocenters. The number of imide groups is 1. The quantitative estimate of drug-likeness (QED) is 0.775. The topological polar surface area (TPSA) is 82.6 Å². The summed E-state index contributed by atoms with van der Waals surface area (Å²) in [6.45, 7) is 3.17. The van der Waals surface area contributed by atoms with Gasteiger partial charge in [0.05, 0.1) is 12.1 Å². The summed E-state index contributed by atoms with van der Waals surface area (Å²) in [6, 6.07) is 10.7. The standard InChI is InChI=1S/C23H24N4O3/c1-16(28)25-19-9-7-18(8-10-19)20-21(26-12-3-2-4-13-26)23(30)27(22(20)29)15-17-6-5-11-24-14-17/h5-11,14H,2-4,12-13,15H2,1H3,(H,25,28). The molecule has 2 aliphatic rings. The predicted octanol–water partition coefficient (Wildman–Crippen LogP) is 2.81. The summed E-state index contributed by atoms with van der Waals surface area (Å²) in [5, 5.41) is 2.72. The first-order valence-corrected chi connectivity index (χ1v) is 10.2. The van der Waals surface area contributed by atoms with Gasteiger partial charge in [-0.15, -0.1) is 0 Å². The van der Waals surface area contributed by atoms with Gasteiger partial charge < -0.3 is 10.2 Å². The number of likely N-dealkylation sites (tertiary alicyclic amines) is 1. The molecular weight excluding hydrogens is 380 g/mol. The first-order chi connectivity index (χ1) is 14.5. The predicted molar refractivity (Wildman–Crippen MR) is 113 cm³/mol. The van der Waals surface area contributed by atoms with Crippen molar-refractivity contribution in [1.82, 2.24) is 14.8 Å². The summed E-state index contributed by atoms with van der Waals surface area (Å²) in [7, 11) is 0. The Kier molecular flexibility index (Phi) is 5.61. The van der Waals surface area contributed by atoms with Crippen LogP contribution in [0.15, 0.2) is 54.5 Å². The third kappa shape index (κ3) is 3.96. The van der Waals surface area contributed by atoms with Crippen molar-refractivity contribution in [3.8, 4) is 0 Å². The van der Waals surface area contributed by atoms with Crippen molar-refractivity contribution < 1.29 is 14.4 Å². The number of hydrogen-bond donors (Lipinski definition) is 1.